The van der Waals surface area contributed by atoms with E-state index in [4.69, 9.17) is 17.0 Å². The molecule has 4 aromatic rings. The monoisotopic (exact) mass is 1120 g/mol. The number of rotatable bonds is 11. The average molecular weight is 1120 g/mol. The summed E-state index contributed by atoms with van der Waals surface area (Å²) in [7, 11) is 17.3. The van der Waals surface area contributed by atoms with Crippen LogP contribution < -0.4 is 0 Å². The van der Waals surface area contributed by atoms with E-state index in [1.165, 1.54) is 24.3 Å². The third-order valence-corrected chi connectivity index (χ3v) is 65.2. The van der Waals surface area contributed by atoms with Gasteiger partial charge in [-0.05, 0) is 0 Å². The summed E-state index contributed by atoms with van der Waals surface area (Å²) in [6.07, 6.45) is -16.2. The van der Waals surface area contributed by atoms with Crippen molar-refractivity contribution in [1.29, 1.82) is 0 Å². The van der Waals surface area contributed by atoms with Gasteiger partial charge in [-0.3, -0.25) is 0 Å². The van der Waals surface area contributed by atoms with Gasteiger partial charge in [-0.25, -0.2) is 0 Å². The van der Waals surface area contributed by atoms with Crippen molar-refractivity contribution in [2.45, 2.75) is 121 Å². The average Bonchev–Trinajstić information content (AvgIpc) is 4.08. The molecule has 4 aliphatic carbocycles. The van der Waals surface area contributed by atoms with Crippen LogP contribution in [0.15, 0.2) is 83.9 Å². The molecule has 69 heavy (non-hydrogen) atoms. The molecule has 2 saturated carbocycles. The van der Waals surface area contributed by atoms with Gasteiger partial charge in [-0.15, -0.1) is 0 Å². The molecule has 0 aliphatic heterocycles. The summed E-state index contributed by atoms with van der Waals surface area (Å²) in [6, 6.07) is 11.0. The van der Waals surface area contributed by atoms with Gasteiger partial charge in [0.15, 0.2) is 0 Å². The molecule has 4 aliphatic rings. The predicted octanol–water partition coefficient (Wildman–Crippen LogP) is 19.1. The maximum atomic E-state index is 14.4. The zero-order valence-corrected chi connectivity index (χ0v) is 42.0. The molecule has 0 bridgehead atoms. The molecule has 3 unspecified atom stereocenters. The van der Waals surface area contributed by atoms with Gasteiger partial charge < -0.3 is 0 Å². The first-order valence-corrected chi connectivity index (χ1v) is 38.8. The maximum absolute atomic E-state index is 14.4. The number of hydrogen-bond donors (Lipinski definition) is 0. The van der Waals surface area contributed by atoms with E-state index in [0.717, 1.165) is 51.4 Å². The first-order valence-electron chi connectivity index (χ1n) is 22.8. The topological polar surface area (TPSA) is 0 Å². The Morgan fingerprint density at radius 2 is 0.841 bits per heavy atom. The summed E-state index contributed by atoms with van der Waals surface area (Å²) in [6.45, 7) is 1.67. The summed E-state index contributed by atoms with van der Waals surface area (Å²) in [4.78, 5) is 0. The van der Waals surface area contributed by atoms with Crippen molar-refractivity contribution in [1.82, 2.24) is 0 Å². The fourth-order valence-corrected chi connectivity index (χ4v) is 51.8. The van der Waals surface area contributed by atoms with Gasteiger partial charge in [0.1, 0.15) is 0 Å². The minimum atomic E-state index is -6.51. The molecule has 19 heteroatoms. The fourth-order valence-electron chi connectivity index (χ4n) is 11.8. The zero-order chi connectivity index (χ0) is 50.3. The fraction of sp³-hybridized carbons (Fsp3) is 0.440. The minimum absolute atomic E-state index is 0.00788. The Hall–Kier alpha value is -3.01. The number of allylic oxidation sites excluding steroid dienone is 2. The Labute approximate surface area is 398 Å². The van der Waals surface area contributed by atoms with Crippen LogP contribution in [0.1, 0.15) is 122 Å². The predicted molar refractivity (Wildman–Crippen MR) is 239 cm³/mol. The van der Waals surface area contributed by atoms with Gasteiger partial charge in [0.25, 0.3) is 0 Å². The van der Waals surface area contributed by atoms with Gasteiger partial charge in [0.05, 0.1) is 0 Å². The molecule has 0 aromatic heterocycles. The molecule has 0 radical (unpaired) electrons. The molecule has 373 valence electrons. The molecule has 0 nitrogen and oxygen atoms in total. The van der Waals surface area contributed by atoms with Crippen LogP contribution in [-0.2, 0) is 40.3 Å². The van der Waals surface area contributed by atoms with Crippen molar-refractivity contribution >= 4 is 35.1 Å². The molecule has 0 heterocycles. The van der Waals surface area contributed by atoms with Crippen LogP contribution in [0.4, 0.5) is 65.9 Å². The zero-order valence-electron chi connectivity index (χ0n) is 36.9. The summed E-state index contributed by atoms with van der Waals surface area (Å²) >= 11 is -6.51. The van der Waals surface area contributed by atoms with Crippen molar-refractivity contribution in [2.75, 3.05) is 0 Å². The summed E-state index contributed by atoms with van der Waals surface area (Å²) in [5.74, 6) is -3.14. The van der Waals surface area contributed by atoms with Crippen LogP contribution in [0.3, 0.4) is 0 Å². The van der Waals surface area contributed by atoms with Crippen molar-refractivity contribution < 1.29 is 81.4 Å². The van der Waals surface area contributed by atoms with Gasteiger partial charge >= 0.3 is 400 Å². The standard InChI is InChI=1S/2C23H19F6.C4H8F3Si.2ClH.Zr/c2*24-22(25,26)18-11-17(12-19(13-18)23(27,28)29)20-7-3-6-16-9-15(10-21(16)20)8-14-4-1-2-5-14;1-8-3-2-4(5,6)7;;;/h2*3,6-7,9-14H,1-2,4-5,8H2;8H,2-3H2,1H3;2*1H;/q;;;;;+2/p-2. The molecular weight excluding hydrogens is 1080 g/mol. The molecule has 3 atom stereocenters. The first kappa shape index (κ1) is 52.3. The van der Waals surface area contributed by atoms with Gasteiger partial charge in [-0.2, -0.15) is 0 Å². The third kappa shape index (κ3) is 10.5. The van der Waals surface area contributed by atoms with Crippen LogP contribution in [0.2, 0.25) is 12.6 Å². The Morgan fingerprint density at radius 1 is 0.507 bits per heavy atom. The van der Waals surface area contributed by atoms with Crippen molar-refractivity contribution in [2.24, 2.45) is 11.8 Å². The van der Waals surface area contributed by atoms with Crippen molar-refractivity contribution in [3.8, 4) is 22.3 Å². The molecule has 0 saturated heterocycles. The van der Waals surface area contributed by atoms with E-state index < -0.39 is 105 Å². The van der Waals surface area contributed by atoms with Crippen molar-refractivity contribution in [3.63, 3.8) is 0 Å². The molecule has 0 amide bonds. The summed E-state index contributed by atoms with van der Waals surface area (Å²) in [5, 5.41) is 0. The molecule has 8 rings (SSSR count). The normalized spacial score (nSPS) is 20.7. The molecule has 4 aromatic carbocycles. The molecule has 0 N–H and O–H groups in total. The second kappa shape index (κ2) is 18.5. The summed E-state index contributed by atoms with van der Waals surface area (Å²) < 4.78 is 213. The Kier molecular flexibility index (Phi) is 14.0. The number of fused-ring (bicyclic) bond motifs is 2. The van der Waals surface area contributed by atoms with Crippen LogP contribution in [0.5, 0.6) is 0 Å². The number of alkyl halides is 15. The van der Waals surface area contributed by atoms with Crippen LogP contribution in [0, 0.1) is 11.8 Å². The van der Waals surface area contributed by atoms with Gasteiger partial charge in [0.2, 0.25) is 0 Å². The van der Waals surface area contributed by atoms with E-state index in [0.29, 0.717) is 59.4 Å². The van der Waals surface area contributed by atoms with Crippen LogP contribution in [-0.4, -0.2) is 12.1 Å². The number of hydrogen-bond acceptors (Lipinski definition) is 0. The Morgan fingerprint density at radius 3 is 1.14 bits per heavy atom. The van der Waals surface area contributed by atoms with E-state index in [2.05, 4.69) is 0 Å². The number of benzene rings is 4. The van der Waals surface area contributed by atoms with Gasteiger partial charge in [-0.1, -0.05) is 0 Å². The van der Waals surface area contributed by atoms with Crippen molar-refractivity contribution in [3.05, 3.63) is 128 Å². The molecule has 0 spiro atoms. The quantitative estimate of drug-likeness (QED) is 0.104. The van der Waals surface area contributed by atoms with E-state index in [1.54, 1.807) is 30.8 Å². The van der Waals surface area contributed by atoms with E-state index >= 15 is 0 Å². The molecule has 2 fully saturated rings. The Balaban J connectivity index is 1.41. The third-order valence-electron chi connectivity index (χ3n) is 15.0. The van der Waals surface area contributed by atoms with E-state index in [9.17, 15) is 65.9 Å². The second-order valence-electron chi connectivity index (χ2n) is 19.5. The van der Waals surface area contributed by atoms with Crippen LogP contribution in [0.25, 0.3) is 34.4 Å². The summed E-state index contributed by atoms with van der Waals surface area (Å²) in [5.41, 5.74) is -4.66. The Bertz CT molecular complexity index is 2430. The molecular formula is C50H46Cl2F15SiZr. The number of halogens is 17. The second-order valence-corrected chi connectivity index (χ2v) is 60.8. The SMILES string of the molecule is C[SiH](CCC(F)(F)F)[Zr]([Cl])([Cl])([CH]1C(CC2CCCC2)=Cc2c(-c3cc(C(F)(F)F)cc(C(F)(F)F)c3)cccc21)[CH]1C(CC2CCCC2)=Cc2c(-c3cc(C(F)(F)F)cc(C(F)(F)F)c3)cccc21. The van der Waals surface area contributed by atoms with Crippen LogP contribution >= 0.6 is 17.0 Å². The first-order chi connectivity index (χ1) is 31.9. The van der Waals surface area contributed by atoms with E-state index in [-0.39, 0.29) is 46.2 Å². The van der Waals surface area contributed by atoms with Gasteiger partial charge in [0, 0.05) is 0 Å². The van der Waals surface area contributed by atoms with E-state index in [1.807, 2.05) is 0 Å².